The van der Waals surface area contributed by atoms with Crippen LogP contribution >= 0.6 is 0 Å². The smallest absolute Gasteiger partial charge is 0.209 e. The van der Waals surface area contributed by atoms with Gasteiger partial charge in [0.25, 0.3) is 0 Å². The predicted octanol–water partition coefficient (Wildman–Crippen LogP) is 1.84. The number of nitrogens with zero attached hydrogens (tertiary/aromatic N) is 1. The van der Waals surface area contributed by atoms with E-state index >= 15 is 0 Å². The SMILES string of the molecule is CNc1cc(-c2ccc(CNS(C)(=O)=O)cc2)ccn1. The molecule has 0 aliphatic rings. The molecule has 0 unspecified atom stereocenters. The Balaban J connectivity index is 2.15. The van der Waals surface area contributed by atoms with Gasteiger partial charge >= 0.3 is 0 Å². The van der Waals surface area contributed by atoms with Gasteiger partial charge in [0.2, 0.25) is 10.0 Å². The number of aromatic nitrogens is 1. The summed E-state index contributed by atoms with van der Waals surface area (Å²) in [6.07, 6.45) is 2.90. The first-order valence-corrected chi connectivity index (χ1v) is 8.05. The predicted molar refractivity (Wildman–Crippen MR) is 80.9 cm³/mol. The average molecular weight is 291 g/mol. The summed E-state index contributed by atoms with van der Waals surface area (Å²) in [7, 11) is -1.33. The number of sulfonamides is 1. The summed E-state index contributed by atoms with van der Waals surface area (Å²) in [4.78, 5) is 4.17. The number of anilines is 1. The quantitative estimate of drug-likeness (QED) is 0.882. The first-order chi connectivity index (χ1) is 9.48. The van der Waals surface area contributed by atoms with Gasteiger partial charge < -0.3 is 5.32 Å². The molecule has 2 N–H and O–H groups in total. The minimum atomic E-state index is -3.16. The third kappa shape index (κ3) is 4.04. The first-order valence-electron chi connectivity index (χ1n) is 6.16. The number of pyridine rings is 1. The third-order valence-corrected chi connectivity index (χ3v) is 3.51. The molecule has 0 aliphatic heterocycles. The van der Waals surface area contributed by atoms with Crippen molar-refractivity contribution in [2.45, 2.75) is 6.54 Å². The summed E-state index contributed by atoms with van der Waals surface area (Å²) in [5.74, 6) is 0.810. The minimum Gasteiger partial charge on any atom is -0.373 e. The lowest BCUT2D eigenvalue weighted by Crippen LogP contribution is -2.21. The van der Waals surface area contributed by atoms with Gasteiger partial charge in [-0.05, 0) is 28.8 Å². The van der Waals surface area contributed by atoms with Gasteiger partial charge in [0.1, 0.15) is 5.82 Å². The molecule has 0 radical (unpaired) electrons. The van der Waals surface area contributed by atoms with Crippen LogP contribution < -0.4 is 10.0 Å². The lowest BCUT2D eigenvalue weighted by atomic mass is 10.1. The second kappa shape index (κ2) is 6.02. The van der Waals surface area contributed by atoms with Crippen LogP contribution in [0.1, 0.15) is 5.56 Å². The van der Waals surface area contributed by atoms with Crippen molar-refractivity contribution < 1.29 is 8.42 Å². The van der Waals surface area contributed by atoms with Gasteiger partial charge in [-0.25, -0.2) is 18.1 Å². The van der Waals surface area contributed by atoms with Crippen LogP contribution in [-0.4, -0.2) is 26.7 Å². The van der Waals surface area contributed by atoms with Gasteiger partial charge in [-0.2, -0.15) is 0 Å². The van der Waals surface area contributed by atoms with Gasteiger partial charge in [0, 0.05) is 19.8 Å². The Hall–Kier alpha value is -1.92. The van der Waals surface area contributed by atoms with Gasteiger partial charge in [-0.1, -0.05) is 24.3 Å². The molecule has 2 rings (SSSR count). The van der Waals surface area contributed by atoms with Crippen molar-refractivity contribution in [1.82, 2.24) is 9.71 Å². The summed E-state index contributed by atoms with van der Waals surface area (Å²) in [5, 5.41) is 3.00. The molecule has 1 heterocycles. The molecule has 1 aromatic carbocycles. The van der Waals surface area contributed by atoms with Crippen molar-refractivity contribution in [2.75, 3.05) is 18.6 Å². The fraction of sp³-hybridized carbons (Fsp3) is 0.214. The van der Waals surface area contributed by atoms with Gasteiger partial charge in [-0.3, -0.25) is 0 Å². The van der Waals surface area contributed by atoms with E-state index < -0.39 is 10.0 Å². The fourth-order valence-electron chi connectivity index (χ4n) is 1.78. The van der Waals surface area contributed by atoms with Crippen molar-refractivity contribution in [1.29, 1.82) is 0 Å². The van der Waals surface area contributed by atoms with E-state index in [-0.39, 0.29) is 0 Å². The van der Waals surface area contributed by atoms with Crippen LogP contribution in [0.3, 0.4) is 0 Å². The van der Waals surface area contributed by atoms with Crippen molar-refractivity contribution in [2.24, 2.45) is 0 Å². The zero-order valence-electron chi connectivity index (χ0n) is 11.4. The van der Waals surface area contributed by atoms with E-state index in [1.165, 1.54) is 0 Å². The molecule has 1 aromatic heterocycles. The molecule has 0 saturated heterocycles. The van der Waals surface area contributed by atoms with E-state index in [1.54, 1.807) is 6.20 Å². The van der Waals surface area contributed by atoms with Crippen LogP contribution in [0, 0.1) is 0 Å². The van der Waals surface area contributed by atoms with Crippen molar-refractivity contribution in [3.8, 4) is 11.1 Å². The molecule has 20 heavy (non-hydrogen) atoms. The Morgan fingerprint density at radius 2 is 1.80 bits per heavy atom. The zero-order chi connectivity index (χ0) is 14.6. The molecule has 5 nitrogen and oxygen atoms in total. The van der Waals surface area contributed by atoms with E-state index in [1.807, 2.05) is 43.4 Å². The minimum absolute atomic E-state index is 0.303. The third-order valence-electron chi connectivity index (χ3n) is 2.84. The maximum Gasteiger partial charge on any atom is 0.209 e. The molecular formula is C14H17N3O2S. The van der Waals surface area contributed by atoms with E-state index in [0.29, 0.717) is 6.54 Å². The molecule has 2 aromatic rings. The molecule has 0 aliphatic carbocycles. The molecule has 0 saturated carbocycles. The standard InChI is InChI=1S/C14H17N3O2S/c1-15-14-9-13(7-8-16-14)12-5-3-11(4-6-12)10-17-20(2,18)19/h3-9,17H,10H2,1-2H3,(H,15,16). The fourth-order valence-corrected chi connectivity index (χ4v) is 2.21. The normalized spacial score (nSPS) is 11.3. The van der Waals surface area contributed by atoms with E-state index in [2.05, 4.69) is 15.0 Å². The van der Waals surface area contributed by atoms with Gasteiger partial charge in [0.15, 0.2) is 0 Å². The summed E-state index contributed by atoms with van der Waals surface area (Å²) in [5.41, 5.74) is 3.04. The first kappa shape index (κ1) is 14.5. The molecule has 0 fully saturated rings. The Bertz CT molecular complexity index is 682. The topological polar surface area (TPSA) is 71.1 Å². The Labute approximate surface area is 119 Å². The lowest BCUT2D eigenvalue weighted by Gasteiger charge is -2.06. The Morgan fingerprint density at radius 3 is 2.40 bits per heavy atom. The maximum atomic E-state index is 11.0. The van der Waals surface area contributed by atoms with Crippen LogP contribution in [0.2, 0.25) is 0 Å². The number of nitrogens with one attached hydrogen (secondary N) is 2. The molecule has 6 heteroatoms. The average Bonchev–Trinajstić information content (AvgIpc) is 2.45. The second-order valence-electron chi connectivity index (χ2n) is 4.47. The summed E-state index contributed by atoms with van der Waals surface area (Å²) >= 11 is 0. The Morgan fingerprint density at radius 1 is 1.10 bits per heavy atom. The van der Waals surface area contributed by atoms with Crippen LogP contribution in [-0.2, 0) is 16.6 Å². The highest BCUT2D eigenvalue weighted by molar-refractivity contribution is 7.88. The highest BCUT2D eigenvalue weighted by Gasteiger charge is 2.03. The van der Waals surface area contributed by atoms with Crippen LogP contribution in [0.25, 0.3) is 11.1 Å². The van der Waals surface area contributed by atoms with E-state index in [4.69, 9.17) is 0 Å². The van der Waals surface area contributed by atoms with Crippen molar-refractivity contribution in [3.63, 3.8) is 0 Å². The lowest BCUT2D eigenvalue weighted by molar-refractivity contribution is 0.587. The molecule has 106 valence electrons. The maximum absolute atomic E-state index is 11.0. The van der Waals surface area contributed by atoms with Crippen LogP contribution in [0.4, 0.5) is 5.82 Å². The van der Waals surface area contributed by atoms with Crippen LogP contribution in [0.5, 0.6) is 0 Å². The highest BCUT2D eigenvalue weighted by Crippen LogP contribution is 2.21. The van der Waals surface area contributed by atoms with Crippen LogP contribution in [0.15, 0.2) is 42.6 Å². The number of benzene rings is 1. The molecular weight excluding hydrogens is 274 g/mol. The van der Waals surface area contributed by atoms with E-state index in [9.17, 15) is 8.42 Å². The Kier molecular flexibility index (Phi) is 4.36. The van der Waals surface area contributed by atoms with Gasteiger partial charge in [0.05, 0.1) is 6.26 Å². The zero-order valence-corrected chi connectivity index (χ0v) is 12.2. The molecule has 0 amide bonds. The van der Waals surface area contributed by atoms with Crippen molar-refractivity contribution >= 4 is 15.8 Å². The largest absolute Gasteiger partial charge is 0.373 e. The molecule has 0 bridgehead atoms. The van der Waals surface area contributed by atoms with E-state index in [0.717, 1.165) is 28.8 Å². The summed E-state index contributed by atoms with van der Waals surface area (Å²) in [6, 6.07) is 11.6. The second-order valence-corrected chi connectivity index (χ2v) is 6.30. The summed E-state index contributed by atoms with van der Waals surface area (Å²) in [6.45, 7) is 0.303. The number of hydrogen-bond acceptors (Lipinski definition) is 4. The highest BCUT2D eigenvalue weighted by atomic mass is 32.2. The molecule has 0 atom stereocenters. The van der Waals surface area contributed by atoms with Gasteiger partial charge in [-0.15, -0.1) is 0 Å². The number of hydrogen-bond donors (Lipinski definition) is 2. The summed E-state index contributed by atoms with van der Waals surface area (Å²) < 4.78 is 24.5. The number of rotatable bonds is 5. The van der Waals surface area contributed by atoms with Crippen molar-refractivity contribution in [3.05, 3.63) is 48.2 Å². The molecule has 0 spiro atoms. The monoisotopic (exact) mass is 291 g/mol.